The van der Waals surface area contributed by atoms with Gasteiger partial charge < -0.3 is 24.0 Å². The van der Waals surface area contributed by atoms with Crippen molar-refractivity contribution in [2.24, 2.45) is 5.92 Å². The molecular weight excluding hydrogens is 452 g/mol. The fraction of sp³-hybridized carbons (Fsp3) is 0.538. The zero-order chi connectivity index (χ0) is 23.9. The summed E-state index contributed by atoms with van der Waals surface area (Å²) in [6.45, 7) is 1.89. The summed E-state index contributed by atoms with van der Waals surface area (Å²) in [5.41, 5.74) is 1.14. The number of benzene rings is 1. The van der Waals surface area contributed by atoms with Crippen molar-refractivity contribution in [2.45, 2.75) is 38.1 Å². The monoisotopic (exact) mass is 486 g/mol. The highest BCUT2D eigenvalue weighted by Gasteiger charge is 2.35. The van der Waals surface area contributed by atoms with Crippen LogP contribution in [0, 0.1) is 5.92 Å². The molecular formula is C26H34N2O5S. The number of ether oxygens (including phenoxy) is 3. The quantitative estimate of drug-likeness (QED) is 0.509. The van der Waals surface area contributed by atoms with E-state index in [1.165, 1.54) is 4.88 Å². The van der Waals surface area contributed by atoms with Crippen molar-refractivity contribution >= 4 is 23.2 Å². The summed E-state index contributed by atoms with van der Waals surface area (Å²) < 4.78 is 16.7. The maximum Gasteiger partial charge on any atom is 0.242 e. The Balaban J connectivity index is 1.48. The van der Waals surface area contributed by atoms with Crippen LogP contribution in [0.3, 0.4) is 0 Å². The minimum atomic E-state index is -0.195. The van der Waals surface area contributed by atoms with E-state index in [1.54, 1.807) is 30.5 Å². The van der Waals surface area contributed by atoms with Crippen molar-refractivity contribution in [3.05, 3.63) is 46.2 Å². The van der Waals surface area contributed by atoms with Gasteiger partial charge in [0.1, 0.15) is 18.1 Å². The van der Waals surface area contributed by atoms with E-state index in [2.05, 4.69) is 11.4 Å². The first-order valence-electron chi connectivity index (χ1n) is 12.0. The number of nitrogens with zero attached hydrogens (tertiary/aromatic N) is 2. The molecule has 2 aliphatic rings. The molecule has 2 heterocycles. The van der Waals surface area contributed by atoms with E-state index in [4.69, 9.17) is 14.2 Å². The SMILES string of the molecule is COCCN(CC(=O)N1CCc2sccc2[C@@H]1COc1cccc(OC)c1)C(=O)C1CCCC1. The maximum absolute atomic E-state index is 13.6. The van der Waals surface area contributed by atoms with Gasteiger partial charge in [-0.2, -0.15) is 0 Å². The van der Waals surface area contributed by atoms with Gasteiger partial charge in [0.2, 0.25) is 11.8 Å². The molecule has 1 atom stereocenters. The second kappa shape index (κ2) is 11.7. The number of amides is 2. The number of rotatable bonds is 10. The molecule has 34 heavy (non-hydrogen) atoms. The largest absolute Gasteiger partial charge is 0.497 e. The topological polar surface area (TPSA) is 68.3 Å². The second-order valence-electron chi connectivity index (χ2n) is 8.88. The van der Waals surface area contributed by atoms with Crippen LogP contribution in [0.4, 0.5) is 0 Å². The van der Waals surface area contributed by atoms with E-state index >= 15 is 0 Å². The Morgan fingerprint density at radius 2 is 1.94 bits per heavy atom. The Morgan fingerprint density at radius 1 is 1.15 bits per heavy atom. The molecule has 2 aromatic rings. The Morgan fingerprint density at radius 3 is 2.71 bits per heavy atom. The molecule has 2 amide bonds. The first kappa shape index (κ1) is 24.5. The number of hydrogen-bond donors (Lipinski definition) is 0. The minimum absolute atomic E-state index is 0.0293. The van der Waals surface area contributed by atoms with Crippen molar-refractivity contribution in [1.29, 1.82) is 0 Å². The van der Waals surface area contributed by atoms with Crippen LogP contribution >= 0.6 is 11.3 Å². The summed E-state index contributed by atoms with van der Waals surface area (Å²) in [6.07, 6.45) is 4.81. The molecule has 0 N–H and O–H groups in total. The van der Waals surface area contributed by atoms with Gasteiger partial charge >= 0.3 is 0 Å². The average Bonchev–Trinajstić information content (AvgIpc) is 3.57. The highest BCUT2D eigenvalue weighted by Crippen LogP contribution is 2.34. The molecule has 1 aliphatic heterocycles. The predicted molar refractivity (Wildman–Crippen MR) is 131 cm³/mol. The van der Waals surface area contributed by atoms with Crippen LogP contribution in [0.15, 0.2) is 35.7 Å². The van der Waals surface area contributed by atoms with E-state index in [-0.39, 0.29) is 30.3 Å². The Hall–Kier alpha value is -2.58. The third-order valence-corrected chi connectivity index (χ3v) is 7.77. The van der Waals surface area contributed by atoms with Gasteiger partial charge in [-0.15, -0.1) is 11.3 Å². The predicted octanol–water partition coefficient (Wildman–Crippen LogP) is 3.93. The zero-order valence-corrected chi connectivity index (χ0v) is 20.9. The molecule has 0 unspecified atom stereocenters. The molecule has 0 saturated heterocycles. The van der Waals surface area contributed by atoms with Gasteiger partial charge in [0.05, 0.1) is 26.3 Å². The molecule has 4 rings (SSSR count). The highest BCUT2D eigenvalue weighted by atomic mass is 32.1. The van der Waals surface area contributed by atoms with E-state index in [0.717, 1.165) is 43.4 Å². The third kappa shape index (κ3) is 5.73. The normalized spacial score (nSPS) is 17.9. The number of hydrogen-bond acceptors (Lipinski definition) is 6. The summed E-state index contributed by atoms with van der Waals surface area (Å²) in [7, 11) is 3.25. The Kier molecular flexibility index (Phi) is 8.45. The molecule has 1 aromatic heterocycles. The third-order valence-electron chi connectivity index (χ3n) is 6.77. The van der Waals surface area contributed by atoms with E-state index in [9.17, 15) is 9.59 Å². The lowest BCUT2D eigenvalue weighted by Gasteiger charge is -2.37. The van der Waals surface area contributed by atoms with Crippen LogP contribution in [-0.4, -0.2) is 68.7 Å². The lowest BCUT2D eigenvalue weighted by atomic mass is 10.00. The molecule has 1 fully saturated rings. The number of carbonyl (C=O) groups excluding carboxylic acids is 2. The van der Waals surface area contributed by atoms with Crippen molar-refractivity contribution < 1.29 is 23.8 Å². The van der Waals surface area contributed by atoms with Gasteiger partial charge in [-0.1, -0.05) is 18.9 Å². The van der Waals surface area contributed by atoms with E-state index < -0.39 is 0 Å². The van der Waals surface area contributed by atoms with E-state index in [0.29, 0.717) is 32.1 Å². The molecule has 0 radical (unpaired) electrons. The number of carbonyl (C=O) groups is 2. The van der Waals surface area contributed by atoms with Gasteiger partial charge in [0.25, 0.3) is 0 Å². The van der Waals surface area contributed by atoms with Crippen LogP contribution < -0.4 is 9.47 Å². The second-order valence-corrected chi connectivity index (χ2v) is 9.88. The van der Waals surface area contributed by atoms with Crippen molar-refractivity contribution in [3.8, 4) is 11.5 Å². The molecule has 8 heteroatoms. The fourth-order valence-corrected chi connectivity index (χ4v) is 5.82. The van der Waals surface area contributed by atoms with Gasteiger partial charge in [-0.05, 0) is 48.4 Å². The molecule has 1 saturated carbocycles. The molecule has 0 spiro atoms. The van der Waals surface area contributed by atoms with Crippen LogP contribution in [0.1, 0.15) is 42.2 Å². The van der Waals surface area contributed by atoms with Gasteiger partial charge in [-0.25, -0.2) is 0 Å². The summed E-state index contributed by atoms with van der Waals surface area (Å²) in [5, 5.41) is 2.08. The highest BCUT2D eigenvalue weighted by molar-refractivity contribution is 7.10. The van der Waals surface area contributed by atoms with Crippen LogP contribution in [0.25, 0.3) is 0 Å². The number of thiophene rings is 1. The van der Waals surface area contributed by atoms with E-state index in [1.807, 2.05) is 29.2 Å². The molecule has 1 aliphatic carbocycles. The molecule has 184 valence electrons. The lowest BCUT2D eigenvalue weighted by Crippen LogP contribution is -2.49. The minimum Gasteiger partial charge on any atom is -0.497 e. The zero-order valence-electron chi connectivity index (χ0n) is 20.0. The first-order chi connectivity index (χ1) is 16.6. The van der Waals surface area contributed by atoms with Gasteiger partial charge in [-0.3, -0.25) is 9.59 Å². The molecule has 7 nitrogen and oxygen atoms in total. The van der Waals surface area contributed by atoms with Crippen molar-refractivity contribution in [1.82, 2.24) is 9.80 Å². The first-order valence-corrected chi connectivity index (χ1v) is 12.9. The lowest BCUT2D eigenvalue weighted by molar-refractivity contribution is -0.145. The van der Waals surface area contributed by atoms with Crippen molar-refractivity contribution in [2.75, 3.05) is 47.1 Å². The summed E-state index contributed by atoms with van der Waals surface area (Å²) in [5.74, 6) is 1.50. The molecule has 0 bridgehead atoms. The Labute approximate surface area is 205 Å². The molecule has 1 aromatic carbocycles. The fourth-order valence-electron chi connectivity index (χ4n) is 4.89. The van der Waals surface area contributed by atoms with Gasteiger partial charge in [0.15, 0.2) is 0 Å². The standard InChI is InChI=1S/C26H34N2O5S/c1-31-14-13-27(26(30)19-6-3-4-7-19)17-25(29)28-12-10-24-22(11-15-34-24)23(28)18-33-21-9-5-8-20(16-21)32-2/h5,8-9,11,15-16,19,23H,3-4,6-7,10,12-14,17-18H2,1-2H3/t23-/m0/s1. The summed E-state index contributed by atoms with van der Waals surface area (Å²) >= 11 is 1.72. The maximum atomic E-state index is 13.6. The Bertz CT molecular complexity index is 972. The smallest absolute Gasteiger partial charge is 0.242 e. The average molecular weight is 487 g/mol. The summed E-state index contributed by atoms with van der Waals surface area (Å²) in [6, 6.07) is 9.38. The van der Waals surface area contributed by atoms with Gasteiger partial charge in [0, 0.05) is 37.1 Å². The van der Waals surface area contributed by atoms with Crippen LogP contribution in [0.2, 0.25) is 0 Å². The summed E-state index contributed by atoms with van der Waals surface area (Å²) in [4.78, 5) is 31.6. The number of methoxy groups -OCH3 is 2. The van der Waals surface area contributed by atoms with Crippen LogP contribution in [-0.2, 0) is 20.7 Å². The van der Waals surface area contributed by atoms with Crippen LogP contribution in [0.5, 0.6) is 11.5 Å². The van der Waals surface area contributed by atoms with Crippen molar-refractivity contribution in [3.63, 3.8) is 0 Å². The number of fused-ring (bicyclic) bond motifs is 1.